The molecule has 25 heavy (non-hydrogen) atoms. The van der Waals surface area contributed by atoms with Gasteiger partial charge in [-0.15, -0.1) is 0 Å². The molecule has 136 valence electrons. The Bertz CT molecular complexity index is 885. The molecule has 2 aromatic carbocycles. The molecule has 0 aliphatic carbocycles. The van der Waals surface area contributed by atoms with Crippen LogP contribution in [0.15, 0.2) is 47.4 Å². The van der Waals surface area contributed by atoms with Crippen LogP contribution in [0.5, 0.6) is 5.75 Å². The van der Waals surface area contributed by atoms with E-state index in [0.29, 0.717) is 6.07 Å². The zero-order valence-corrected chi connectivity index (χ0v) is 14.7. The number of nitrogens with one attached hydrogen (secondary N) is 1. The van der Waals surface area contributed by atoms with E-state index in [-0.39, 0.29) is 16.0 Å². The van der Waals surface area contributed by atoms with E-state index < -0.39 is 33.1 Å². The number of rotatable bonds is 3. The van der Waals surface area contributed by atoms with E-state index >= 15 is 0 Å². The SMILES string of the molecule is CC(C)(C)NS(=O)(=O)c1cccc(-c2cc(O)cc(C(F)(F)F)c2)c1. The van der Waals surface area contributed by atoms with Gasteiger partial charge in [0.05, 0.1) is 10.5 Å². The molecule has 0 saturated carbocycles. The number of sulfonamides is 1. The van der Waals surface area contributed by atoms with Crippen molar-refractivity contribution >= 4 is 10.0 Å². The lowest BCUT2D eigenvalue weighted by Gasteiger charge is -2.20. The molecule has 0 fully saturated rings. The minimum atomic E-state index is -4.62. The Morgan fingerprint density at radius 3 is 2.16 bits per heavy atom. The monoisotopic (exact) mass is 373 g/mol. The van der Waals surface area contributed by atoms with E-state index in [1.807, 2.05) is 0 Å². The van der Waals surface area contributed by atoms with E-state index in [9.17, 15) is 26.7 Å². The van der Waals surface area contributed by atoms with E-state index in [2.05, 4.69) is 4.72 Å². The van der Waals surface area contributed by atoms with Crippen LogP contribution < -0.4 is 4.72 Å². The Labute approximate surface area is 144 Å². The maximum absolute atomic E-state index is 12.9. The second kappa shape index (κ2) is 6.34. The fraction of sp³-hybridized carbons (Fsp3) is 0.294. The molecule has 0 aliphatic heterocycles. The fourth-order valence-electron chi connectivity index (χ4n) is 2.25. The van der Waals surface area contributed by atoms with Gasteiger partial charge < -0.3 is 5.11 Å². The third-order valence-electron chi connectivity index (χ3n) is 3.16. The zero-order chi connectivity index (χ0) is 19.0. The number of aromatic hydroxyl groups is 1. The van der Waals surface area contributed by atoms with Gasteiger partial charge in [-0.2, -0.15) is 13.2 Å². The lowest BCUT2D eigenvalue weighted by Crippen LogP contribution is -2.40. The summed E-state index contributed by atoms with van der Waals surface area (Å²) in [6, 6.07) is 8.16. The molecule has 0 spiro atoms. The summed E-state index contributed by atoms with van der Waals surface area (Å²) in [5.41, 5.74) is -1.40. The Morgan fingerprint density at radius 1 is 0.960 bits per heavy atom. The van der Waals surface area contributed by atoms with Crippen LogP contribution in [0.1, 0.15) is 26.3 Å². The number of phenolic OH excluding ortho intramolecular Hbond substituents is 1. The number of alkyl halides is 3. The lowest BCUT2D eigenvalue weighted by molar-refractivity contribution is -0.137. The normalized spacial score (nSPS) is 13.0. The summed E-state index contributed by atoms with van der Waals surface area (Å²) in [7, 11) is -3.83. The van der Waals surface area contributed by atoms with Gasteiger partial charge in [-0.05, 0) is 62.2 Å². The first-order valence-electron chi connectivity index (χ1n) is 7.34. The molecule has 0 saturated heterocycles. The van der Waals surface area contributed by atoms with Gasteiger partial charge in [0.1, 0.15) is 5.75 Å². The molecule has 4 nitrogen and oxygen atoms in total. The second-order valence-corrected chi connectivity index (χ2v) is 8.33. The van der Waals surface area contributed by atoms with Crippen LogP contribution in [0.3, 0.4) is 0 Å². The van der Waals surface area contributed by atoms with Crippen molar-refractivity contribution in [1.29, 1.82) is 0 Å². The molecule has 2 N–H and O–H groups in total. The van der Waals surface area contributed by atoms with Crippen molar-refractivity contribution in [3.8, 4) is 16.9 Å². The van der Waals surface area contributed by atoms with E-state index in [4.69, 9.17) is 0 Å². The van der Waals surface area contributed by atoms with Crippen LogP contribution in [0.2, 0.25) is 0 Å². The standard InChI is InChI=1S/C17H18F3NO3S/c1-16(2,3)21-25(23,24)15-6-4-5-11(9-15)12-7-13(17(18,19)20)10-14(22)8-12/h4-10,21-22H,1-3H3. The average molecular weight is 373 g/mol. The summed E-state index contributed by atoms with van der Waals surface area (Å²) >= 11 is 0. The van der Waals surface area contributed by atoms with Crippen LogP contribution in [-0.2, 0) is 16.2 Å². The highest BCUT2D eigenvalue weighted by molar-refractivity contribution is 7.89. The summed E-state index contributed by atoms with van der Waals surface area (Å²) in [5, 5.41) is 9.57. The smallest absolute Gasteiger partial charge is 0.416 e. The highest BCUT2D eigenvalue weighted by Gasteiger charge is 2.31. The minimum absolute atomic E-state index is 0.0696. The molecule has 2 rings (SSSR count). The van der Waals surface area contributed by atoms with Crippen molar-refractivity contribution in [2.75, 3.05) is 0 Å². The Balaban J connectivity index is 2.52. The van der Waals surface area contributed by atoms with Crippen LogP contribution in [0.25, 0.3) is 11.1 Å². The molecule has 0 heterocycles. The van der Waals surface area contributed by atoms with Crippen molar-refractivity contribution in [1.82, 2.24) is 4.72 Å². The average Bonchev–Trinajstić information content (AvgIpc) is 2.43. The summed E-state index contributed by atoms with van der Waals surface area (Å²) in [4.78, 5) is -0.0724. The van der Waals surface area contributed by atoms with Crippen molar-refractivity contribution in [2.24, 2.45) is 0 Å². The van der Waals surface area contributed by atoms with Crippen molar-refractivity contribution < 1.29 is 26.7 Å². The molecule has 0 amide bonds. The fourth-order valence-corrected chi connectivity index (χ4v) is 3.71. The van der Waals surface area contributed by atoms with Gasteiger partial charge in [-0.3, -0.25) is 0 Å². The van der Waals surface area contributed by atoms with E-state index in [1.54, 1.807) is 20.8 Å². The number of benzene rings is 2. The summed E-state index contributed by atoms with van der Waals surface area (Å²) in [5.74, 6) is -0.550. The molecule has 0 aliphatic rings. The first-order chi connectivity index (χ1) is 11.3. The molecule has 8 heteroatoms. The highest BCUT2D eigenvalue weighted by Crippen LogP contribution is 2.35. The Morgan fingerprint density at radius 2 is 1.60 bits per heavy atom. The lowest BCUT2D eigenvalue weighted by atomic mass is 10.0. The van der Waals surface area contributed by atoms with Crippen molar-refractivity contribution in [3.63, 3.8) is 0 Å². The van der Waals surface area contributed by atoms with Crippen LogP contribution in [0, 0.1) is 0 Å². The quantitative estimate of drug-likeness (QED) is 0.849. The second-order valence-electron chi connectivity index (χ2n) is 6.65. The molecule has 2 aromatic rings. The summed E-state index contributed by atoms with van der Waals surface area (Å²) < 4.78 is 66.0. The van der Waals surface area contributed by atoms with Crippen LogP contribution in [-0.4, -0.2) is 19.1 Å². The number of hydrogen-bond acceptors (Lipinski definition) is 3. The number of halogens is 3. The molecular weight excluding hydrogens is 355 g/mol. The molecule has 0 aromatic heterocycles. The molecule has 0 bridgehead atoms. The first kappa shape index (κ1) is 19.3. The van der Waals surface area contributed by atoms with Gasteiger partial charge >= 0.3 is 6.18 Å². The summed E-state index contributed by atoms with van der Waals surface area (Å²) in [6.07, 6.45) is -4.62. The van der Waals surface area contributed by atoms with E-state index in [0.717, 1.165) is 12.1 Å². The molecule has 0 unspecified atom stereocenters. The largest absolute Gasteiger partial charge is 0.508 e. The van der Waals surface area contributed by atoms with Gasteiger partial charge in [-0.1, -0.05) is 12.1 Å². The Hall–Kier alpha value is -2.06. The zero-order valence-electron chi connectivity index (χ0n) is 13.8. The van der Waals surface area contributed by atoms with E-state index in [1.165, 1.54) is 24.3 Å². The third kappa shape index (κ3) is 4.96. The molecular formula is C17H18F3NO3S. The van der Waals surface area contributed by atoms with Crippen molar-refractivity contribution in [3.05, 3.63) is 48.0 Å². The third-order valence-corrected chi connectivity index (χ3v) is 4.92. The van der Waals surface area contributed by atoms with Crippen LogP contribution in [0.4, 0.5) is 13.2 Å². The van der Waals surface area contributed by atoms with Gasteiger partial charge in [0.15, 0.2) is 0 Å². The number of phenols is 1. The van der Waals surface area contributed by atoms with Gasteiger partial charge in [0.2, 0.25) is 10.0 Å². The van der Waals surface area contributed by atoms with Gasteiger partial charge in [0.25, 0.3) is 0 Å². The maximum atomic E-state index is 12.9. The highest BCUT2D eigenvalue weighted by atomic mass is 32.2. The molecule has 0 radical (unpaired) electrons. The number of hydrogen-bond donors (Lipinski definition) is 2. The predicted octanol–water partition coefficient (Wildman–Crippen LogP) is 4.15. The summed E-state index contributed by atoms with van der Waals surface area (Å²) in [6.45, 7) is 5.04. The van der Waals surface area contributed by atoms with Crippen LogP contribution >= 0.6 is 0 Å². The van der Waals surface area contributed by atoms with Gasteiger partial charge in [0, 0.05) is 5.54 Å². The minimum Gasteiger partial charge on any atom is -0.508 e. The first-order valence-corrected chi connectivity index (χ1v) is 8.82. The molecule has 0 atom stereocenters. The predicted molar refractivity (Wildman–Crippen MR) is 88.6 cm³/mol. The maximum Gasteiger partial charge on any atom is 0.416 e. The topological polar surface area (TPSA) is 66.4 Å². The Kier molecular flexibility index (Phi) is 4.89. The van der Waals surface area contributed by atoms with Crippen molar-refractivity contribution in [2.45, 2.75) is 37.4 Å². The van der Waals surface area contributed by atoms with Gasteiger partial charge in [-0.25, -0.2) is 13.1 Å².